The van der Waals surface area contributed by atoms with Crippen molar-refractivity contribution in [3.05, 3.63) is 69.3 Å². The highest BCUT2D eigenvalue weighted by Crippen LogP contribution is 2.41. The van der Waals surface area contributed by atoms with E-state index in [1.807, 2.05) is 0 Å². The Kier molecular flexibility index (Phi) is 7.54. The number of carbonyl (C=O) groups excluding carboxylic acids is 2. The third kappa shape index (κ3) is 4.90. The van der Waals surface area contributed by atoms with Gasteiger partial charge in [0.05, 0.1) is 16.5 Å². The number of nitro groups is 1. The molecular weight excluding hydrogens is 466 g/mol. The molecule has 2 aliphatic rings. The van der Waals surface area contributed by atoms with Crippen molar-refractivity contribution in [2.24, 2.45) is 0 Å². The van der Waals surface area contributed by atoms with Crippen LogP contribution in [0, 0.1) is 10.1 Å². The molecule has 1 saturated heterocycles. The third-order valence-electron chi connectivity index (χ3n) is 6.54. The van der Waals surface area contributed by atoms with Crippen molar-refractivity contribution in [3.63, 3.8) is 0 Å². The number of Topliss-reactive ketones (excluding diaryl/α,β-unsaturated/α-hetero) is 1. The molecule has 0 aliphatic carbocycles. The smallest absolute Gasteiger partial charge is 0.295 e. The highest BCUT2D eigenvalue weighted by molar-refractivity contribution is 6.46. The number of rotatable bonds is 9. The van der Waals surface area contributed by atoms with Crippen molar-refractivity contribution in [2.75, 3.05) is 39.4 Å². The van der Waals surface area contributed by atoms with Gasteiger partial charge in [-0.05, 0) is 62.0 Å². The number of nitro benzene ring substituents is 1. The van der Waals surface area contributed by atoms with Crippen LogP contribution < -0.4 is 9.47 Å². The minimum Gasteiger partial charge on any atom is -0.507 e. The molecule has 190 valence electrons. The first kappa shape index (κ1) is 25.2. The number of likely N-dealkylation sites (tertiary alicyclic amines) is 1. The Hall–Kier alpha value is -3.92. The fraction of sp³-hybridized carbons (Fsp3) is 0.385. The van der Waals surface area contributed by atoms with Crippen molar-refractivity contribution in [3.8, 4) is 11.5 Å². The molecule has 0 unspecified atom stereocenters. The number of nitrogens with zero attached hydrogens (tertiary/aromatic N) is 3. The summed E-state index contributed by atoms with van der Waals surface area (Å²) in [6, 6.07) is 9.63. The van der Waals surface area contributed by atoms with E-state index in [1.165, 1.54) is 29.2 Å². The van der Waals surface area contributed by atoms with Crippen LogP contribution in [0.5, 0.6) is 11.5 Å². The fourth-order valence-corrected chi connectivity index (χ4v) is 4.59. The van der Waals surface area contributed by atoms with Gasteiger partial charge < -0.3 is 24.4 Å². The lowest BCUT2D eigenvalue weighted by Crippen LogP contribution is -2.33. The summed E-state index contributed by atoms with van der Waals surface area (Å²) in [5.74, 6) is -0.877. The Labute approximate surface area is 208 Å². The monoisotopic (exact) mass is 495 g/mol. The zero-order valence-corrected chi connectivity index (χ0v) is 20.3. The van der Waals surface area contributed by atoms with Crippen LogP contribution in [0.15, 0.2) is 48.0 Å². The van der Waals surface area contributed by atoms with Crippen molar-refractivity contribution in [1.29, 1.82) is 0 Å². The number of non-ortho nitro benzene ring substituents is 1. The molecule has 1 N–H and O–H groups in total. The molecule has 0 spiro atoms. The molecule has 2 aromatic carbocycles. The van der Waals surface area contributed by atoms with Crippen LogP contribution in [0.3, 0.4) is 0 Å². The number of hydrogen-bond acceptors (Lipinski definition) is 8. The van der Waals surface area contributed by atoms with E-state index >= 15 is 0 Å². The first-order valence-electron chi connectivity index (χ1n) is 12.0. The molecule has 2 heterocycles. The molecule has 0 radical (unpaired) electrons. The fourth-order valence-electron chi connectivity index (χ4n) is 4.59. The quantitative estimate of drug-likeness (QED) is 0.184. The minimum absolute atomic E-state index is 0.0617. The molecule has 1 atom stereocenters. The number of fused-ring (bicyclic) bond motifs is 1. The summed E-state index contributed by atoms with van der Waals surface area (Å²) in [6.07, 6.45) is 0.627. The number of hydrogen-bond donors (Lipinski definition) is 1. The van der Waals surface area contributed by atoms with E-state index in [9.17, 15) is 24.8 Å². The van der Waals surface area contributed by atoms with E-state index in [1.54, 1.807) is 18.2 Å². The second-order valence-corrected chi connectivity index (χ2v) is 8.58. The molecule has 2 aromatic rings. The van der Waals surface area contributed by atoms with E-state index in [2.05, 4.69) is 18.7 Å². The maximum absolute atomic E-state index is 13.2. The molecule has 1 amide bonds. The predicted octanol–water partition coefficient (Wildman–Crippen LogP) is 3.52. The summed E-state index contributed by atoms with van der Waals surface area (Å²) < 4.78 is 11.1. The number of amides is 1. The normalized spacial score (nSPS) is 18.6. The van der Waals surface area contributed by atoms with Crippen LogP contribution in [0.2, 0.25) is 0 Å². The Balaban J connectivity index is 1.74. The van der Waals surface area contributed by atoms with Crippen LogP contribution in [-0.2, 0) is 9.59 Å². The van der Waals surface area contributed by atoms with Gasteiger partial charge in [0.2, 0.25) is 0 Å². The number of ketones is 1. The van der Waals surface area contributed by atoms with Crippen molar-refractivity contribution in [1.82, 2.24) is 9.80 Å². The van der Waals surface area contributed by atoms with Gasteiger partial charge >= 0.3 is 0 Å². The first-order chi connectivity index (χ1) is 17.3. The lowest BCUT2D eigenvalue weighted by atomic mass is 9.95. The standard InChI is InChI=1S/C26H29N3O7/c1-3-27(4-2)12-5-13-28-23(17-6-9-19(10-7-17)29(33)34)22(25(31)26(28)32)24(30)18-8-11-20-21(16-18)36-15-14-35-20/h6-11,16,23,30H,3-5,12-15H2,1-2H3/t23-/m0/s1. The largest absolute Gasteiger partial charge is 0.507 e. The molecular formula is C26H29N3O7. The number of aliphatic hydroxyl groups excluding tert-OH is 1. The van der Waals surface area contributed by atoms with Crippen LogP contribution in [0.25, 0.3) is 5.76 Å². The van der Waals surface area contributed by atoms with Gasteiger partial charge in [0, 0.05) is 24.2 Å². The molecule has 0 bridgehead atoms. The van der Waals surface area contributed by atoms with Gasteiger partial charge in [-0.15, -0.1) is 0 Å². The van der Waals surface area contributed by atoms with Crippen molar-refractivity contribution >= 4 is 23.1 Å². The van der Waals surface area contributed by atoms with E-state index in [4.69, 9.17) is 9.47 Å². The highest BCUT2D eigenvalue weighted by Gasteiger charge is 2.46. The molecule has 10 heteroatoms. The van der Waals surface area contributed by atoms with Gasteiger partial charge in [-0.3, -0.25) is 19.7 Å². The third-order valence-corrected chi connectivity index (χ3v) is 6.54. The van der Waals surface area contributed by atoms with Crippen LogP contribution >= 0.6 is 0 Å². The maximum atomic E-state index is 13.2. The molecule has 1 fully saturated rings. The number of benzene rings is 2. The van der Waals surface area contributed by atoms with Crippen LogP contribution in [-0.4, -0.2) is 70.9 Å². The second-order valence-electron chi connectivity index (χ2n) is 8.58. The SMILES string of the molecule is CCN(CC)CCCN1C(=O)C(=O)C(=C(O)c2ccc3c(c2)OCCO3)[C@@H]1c1ccc([N+](=O)[O-])cc1. The highest BCUT2D eigenvalue weighted by atomic mass is 16.6. The number of carbonyl (C=O) groups is 2. The molecule has 10 nitrogen and oxygen atoms in total. The van der Waals surface area contributed by atoms with E-state index in [0.717, 1.165) is 19.6 Å². The van der Waals surface area contributed by atoms with Gasteiger partial charge in [-0.25, -0.2) is 0 Å². The van der Waals surface area contributed by atoms with Gasteiger partial charge in [0.15, 0.2) is 11.5 Å². The molecule has 36 heavy (non-hydrogen) atoms. The molecule has 2 aliphatic heterocycles. The van der Waals surface area contributed by atoms with Gasteiger partial charge in [0.1, 0.15) is 19.0 Å². The molecule has 0 saturated carbocycles. The molecule has 4 rings (SSSR count). The van der Waals surface area contributed by atoms with E-state index in [0.29, 0.717) is 48.8 Å². The van der Waals surface area contributed by atoms with Gasteiger partial charge in [-0.2, -0.15) is 0 Å². The van der Waals surface area contributed by atoms with Crippen molar-refractivity contribution in [2.45, 2.75) is 26.3 Å². The number of ether oxygens (including phenoxy) is 2. The summed E-state index contributed by atoms with van der Waals surface area (Å²) in [7, 11) is 0. The average Bonchev–Trinajstić information content (AvgIpc) is 3.15. The van der Waals surface area contributed by atoms with E-state index in [-0.39, 0.29) is 17.0 Å². The Morgan fingerprint density at radius 3 is 2.39 bits per heavy atom. The van der Waals surface area contributed by atoms with Crippen LogP contribution in [0.1, 0.15) is 37.4 Å². The summed E-state index contributed by atoms with van der Waals surface area (Å²) in [6.45, 7) is 7.65. The Bertz CT molecular complexity index is 1190. The second kappa shape index (κ2) is 10.8. The zero-order chi connectivity index (χ0) is 25.8. The lowest BCUT2D eigenvalue weighted by Gasteiger charge is -2.27. The average molecular weight is 496 g/mol. The maximum Gasteiger partial charge on any atom is 0.295 e. The first-order valence-corrected chi connectivity index (χ1v) is 12.0. The summed E-state index contributed by atoms with van der Waals surface area (Å²) in [5.41, 5.74) is 0.645. The van der Waals surface area contributed by atoms with Gasteiger partial charge in [0.25, 0.3) is 17.4 Å². The molecule has 0 aromatic heterocycles. The predicted molar refractivity (Wildman–Crippen MR) is 132 cm³/mol. The number of aliphatic hydroxyl groups is 1. The Morgan fingerprint density at radius 1 is 1.08 bits per heavy atom. The Morgan fingerprint density at radius 2 is 1.75 bits per heavy atom. The van der Waals surface area contributed by atoms with Crippen molar-refractivity contribution < 1.29 is 29.1 Å². The lowest BCUT2D eigenvalue weighted by molar-refractivity contribution is -0.384. The summed E-state index contributed by atoms with van der Waals surface area (Å²) in [4.78, 5) is 40.6. The minimum atomic E-state index is -0.879. The van der Waals surface area contributed by atoms with Crippen LogP contribution in [0.4, 0.5) is 5.69 Å². The summed E-state index contributed by atoms with van der Waals surface area (Å²) in [5, 5.41) is 22.4. The van der Waals surface area contributed by atoms with E-state index < -0.39 is 22.7 Å². The summed E-state index contributed by atoms with van der Waals surface area (Å²) >= 11 is 0. The van der Waals surface area contributed by atoms with Gasteiger partial charge in [-0.1, -0.05) is 13.8 Å². The topological polar surface area (TPSA) is 122 Å². The zero-order valence-electron chi connectivity index (χ0n) is 20.3.